The molecule has 0 spiro atoms. The van der Waals surface area contributed by atoms with Crippen LogP contribution in [0.1, 0.15) is 51.9 Å². The lowest BCUT2D eigenvalue weighted by molar-refractivity contribution is 0.0143. The summed E-state index contributed by atoms with van der Waals surface area (Å²) < 4.78 is 0. The van der Waals surface area contributed by atoms with E-state index in [1.165, 1.54) is 45.1 Å². The Morgan fingerprint density at radius 2 is 1.89 bits per heavy atom. The van der Waals surface area contributed by atoms with Gasteiger partial charge in [0.25, 0.3) is 0 Å². The zero-order valence-electron chi connectivity index (χ0n) is 12.5. The molecule has 3 heteroatoms. The summed E-state index contributed by atoms with van der Waals surface area (Å²) in [6.07, 6.45) is 8.38. The van der Waals surface area contributed by atoms with Gasteiger partial charge in [-0.1, -0.05) is 19.8 Å². The average Bonchev–Trinajstić information content (AvgIpc) is 2.43. The van der Waals surface area contributed by atoms with Crippen LogP contribution < -0.4 is 0 Å². The Kier molecular flexibility index (Phi) is 5.67. The monoisotopic (exact) mass is 269 g/mol. The number of rotatable bonds is 5. The molecule has 112 valence electrons. The lowest BCUT2D eigenvalue weighted by Crippen LogP contribution is -2.46. The van der Waals surface area contributed by atoms with E-state index in [9.17, 15) is 5.11 Å². The maximum Gasteiger partial charge on any atom is 0.0499 e. The third-order valence-electron chi connectivity index (χ3n) is 5.37. The molecule has 1 heterocycles. The first kappa shape index (κ1) is 15.3. The third-order valence-corrected chi connectivity index (χ3v) is 5.37. The molecule has 2 N–H and O–H groups in total. The predicted octanol–water partition coefficient (Wildman–Crippen LogP) is 2.27. The first-order chi connectivity index (χ1) is 9.17. The van der Waals surface area contributed by atoms with Crippen molar-refractivity contribution in [2.75, 3.05) is 32.8 Å². The first-order valence-corrected chi connectivity index (χ1v) is 8.11. The highest BCUT2D eigenvalue weighted by Crippen LogP contribution is 2.39. The maximum absolute atomic E-state index is 9.86. The zero-order valence-corrected chi connectivity index (χ0v) is 12.5. The lowest BCUT2D eigenvalue weighted by atomic mass is 9.70. The van der Waals surface area contributed by atoms with Crippen LogP contribution in [-0.2, 0) is 0 Å². The van der Waals surface area contributed by atoms with Crippen molar-refractivity contribution < 1.29 is 10.2 Å². The summed E-state index contributed by atoms with van der Waals surface area (Å²) in [6, 6.07) is 0. The van der Waals surface area contributed by atoms with Gasteiger partial charge in [-0.3, -0.25) is 0 Å². The van der Waals surface area contributed by atoms with Crippen LogP contribution in [0.5, 0.6) is 0 Å². The predicted molar refractivity (Wildman–Crippen MR) is 78.0 cm³/mol. The van der Waals surface area contributed by atoms with Gasteiger partial charge in [-0.2, -0.15) is 0 Å². The summed E-state index contributed by atoms with van der Waals surface area (Å²) in [5, 5.41) is 19.0. The van der Waals surface area contributed by atoms with Crippen LogP contribution in [0.4, 0.5) is 0 Å². The highest BCUT2D eigenvalue weighted by Gasteiger charge is 2.36. The molecule has 0 bridgehead atoms. The van der Waals surface area contributed by atoms with Crippen molar-refractivity contribution >= 4 is 0 Å². The molecule has 0 aromatic heterocycles. The van der Waals surface area contributed by atoms with Crippen molar-refractivity contribution in [2.45, 2.75) is 51.9 Å². The number of aliphatic hydroxyl groups excluding tert-OH is 2. The maximum atomic E-state index is 9.86. The number of likely N-dealkylation sites (tertiary alicyclic amines) is 1. The van der Waals surface area contributed by atoms with Crippen molar-refractivity contribution in [1.82, 2.24) is 4.90 Å². The Hall–Kier alpha value is -0.120. The second kappa shape index (κ2) is 7.05. The summed E-state index contributed by atoms with van der Waals surface area (Å²) in [5.41, 5.74) is 0.160. The summed E-state index contributed by atoms with van der Waals surface area (Å²) in [6.45, 7) is 6.37. The zero-order chi connectivity index (χ0) is 13.7. The Labute approximate surface area is 118 Å². The molecular formula is C16H31NO2. The fourth-order valence-corrected chi connectivity index (χ4v) is 3.93. The Morgan fingerprint density at radius 1 is 1.16 bits per heavy atom. The molecule has 1 saturated heterocycles. The summed E-state index contributed by atoms with van der Waals surface area (Å²) in [5.74, 6) is 1.50. The number of hydrogen-bond acceptors (Lipinski definition) is 3. The van der Waals surface area contributed by atoms with Gasteiger partial charge in [-0.25, -0.2) is 0 Å². The molecule has 1 aliphatic carbocycles. The Morgan fingerprint density at radius 3 is 2.53 bits per heavy atom. The quantitative estimate of drug-likeness (QED) is 0.804. The minimum atomic E-state index is 0.160. The minimum Gasteiger partial charge on any atom is -0.396 e. The average molecular weight is 269 g/mol. The molecule has 0 aromatic carbocycles. The van der Waals surface area contributed by atoms with Gasteiger partial charge in [-0.15, -0.1) is 0 Å². The second-order valence-corrected chi connectivity index (χ2v) is 7.10. The normalized spacial score (nSPS) is 37.4. The van der Waals surface area contributed by atoms with E-state index in [1.54, 1.807) is 0 Å². The molecule has 1 aliphatic heterocycles. The highest BCUT2D eigenvalue weighted by atomic mass is 16.3. The number of nitrogens with zero attached hydrogens (tertiary/aromatic N) is 1. The van der Waals surface area contributed by atoms with E-state index in [-0.39, 0.29) is 5.41 Å². The van der Waals surface area contributed by atoms with Gasteiger partial charge >= 0.3 is 0 Å². The van der Waals surface area contributed by atoms with Crippen molar-refractivity contribution in [1.29, 1.82) is 0 Å². The molecule has 2 aliphatic rings. The SMILES string of the molecule is CC1CCC(CO)(CN2CCCC(CCO)C2)CC1. The van der Waals surface area contributed by atoms with E-state index in [1.807, 2.05) is 0 Å². The van der Waals surface area contributed by atoms with E-state index in [0.717, 1.165) is 25.4 Å². The van der Waals surface area contributed by atoms with Crippen molar-refractivity contribution in [3.63, 3.8) is 0 Å². The second-order valence-electron chi connectivity index (χ2n) is 7.10. The lowest BCUT2D eigenvalue weighted by Gasteiger charge is -2.43. The van der Waals surface area contributed by atoms with Crippen LogP contribution in [0.3, 0.4) is 0 Å². The minimum absolute atomic E-state index is 0.160. The topological polar surface area (TPSA) is 43.7 Å². The molecule has 2 rings (SSSR count). The van der Waals surface area contributed by atoms with E-state index >= 15 is 0 Å². The van der Waals surface area contributed by atoms with Gasteiger partial charge < -0.3 is 15.1 Å². The van der Waals surface area contributed by atoms with Gasteiger partial charge in [0.05, 0.1) is 0 Å². The van der Waals surface area contributed by atoms with Gasteiger partial charge in [0.15, 0.2) is 0 Å². The highest BCUT2D eigenvalue weighted by molar-refractivity contribution is 4.88. The summed E-state index contributed by atoms with van der Waals surface area (Å²) in [7, 11) is 0. The fraction of sp³-hybridized carbons (Fsp3) is 1.00. The van der Waals surface area contributed by atoms with Crippen molar-refractivity contribution in [3.05, 3.63) is 0 Å². The van der Waals surface area contributed by atoms with Gasteiger partial charge in [0.2, 0.25) is 0 Å². The summed E-state index contributed by atoms with van der Waals surface area (Å²) >= 11 is 0. The van der Waals surface area contributed by atoms with Crippen LogP contribution in [0.15, 0.2) is 0 Å². The smallest absolute Gasteiger partial charge is 0.0499 e. The summed E-state index contributed by atoms with van der Waals surface area (Å²) in [4.78, 5) is 2.55. The van der Waals surface area contributed by atoms with Gasteiger partial charge in [-0.05, 0) is 50.5 Å². The van der Waals surface area contributed by atoms with Crippen LogP contribution in [0.25, 0.3) is 0 Å². The molecule has 1 unspecified atom stereocenters. The van der Waals surface area contributed by atoms with Crippen molar-refractivity contribution in [3.8, 4) is 0 Å². The molecule has 3 nitrogen and oxygen atoms in total. The first-order valence-electron chi connectivity index (χ1n) is 8.11. The van der Waals surface area contributed by atoms with Gasteiger partial charge in [0.1, 0.15) is 0 Å². The van der Waals surface area contributed by atoms with Crippen LogP contribution in [-0.4, -0.2) is 48.0 Å². The van der Waals surface area contributed by atoms with Gasteiger partial charge in [0, 0.05) is 31.7 Å². The Bertz CT molecular complexity index is 259. The standard InChI is InChI=1S/C16H31NO2/c1-14-4-7-16(13-19,8-5-14)12-17-9-2-3-15(11-17)6-10-18/h14-15,18-19H,2-13H2,1H3. The molecule has 1 saturated carbocycles. The number of aliphatic hydroxyl groups is 2. The molecule has 0 aromatic rings. The third kappa shape index (κ3) is 4.17. The molecule has 0 amide bonds. The van der Waals surface area contributed by atoms with E-state index < -0.39 is 0 Å². The fourth-order valence-electron chi connectivity index (χ4n) is 3.93. The Balaban J connectivity index is 1.87. The number of piperidine rings is 1. The van der Waals surface area contributed by atoms with E-state index in [0.29, 0.717) is 19.1 Å². The molecule has 1 atom stereocenters. The molecular weight excluding hydrogens is 238 g/mol. The van der Waals surface area contributed by atoms with Crippen LogP contribution in [0.2, 0.25) is 0 Å². The molecule has 0 radical (unpaired) electrons. The molecule has 19 heavy (non-hydrogen) atoms. The van der Waals surface area contributed by atoms with Crippen molar-refractivity contribution in [2.24, 2.45) is 17.3 Å². The molecule has 2 fully saturated rings. The van der Waals surface area contributed by atoms with E-state index in [2.05, 4.69) is 11.8 Å². The largest absolute Gasteiger partial charge is 0.396 e. The van der Waals surface area contributed by atoms with Crippen LogP contribution in [0, 0.1) is 17.3 Å². The number of hydrogen-bond donors (Lipinski definition) is 2. The van der Waals surface area contributed by atoms with Crippen LogP contribution >= 0.6 is 0 Å². The van der Waals surface area contributed by atoms with E-state index in [4.69, 9.17) is 5.11 Å².